The van der Waals surface area contributed by atoms with Crippen molar-refractivity contribution in [3.63, 3.8) is 0 Å². The highest BCUT2D eigenvalue weighted by Crippen LogP contribution is 2.55. The van der Waals surface area contributed by atoms with Crippen molar-refractivity contribution in [2.45, 2.75) is 13.8 Å². The third-order valence-electron chi connectivity index (χ3n) is 10.3. The highest BCUT2D eigenvalue weighted by atomic mass is 31.2. The Balaban J connectivity index is 1.54. The van der Waals surface area contributed by atoms with Crippen LogP contribution in [0.3, 0.4) is 0 Å². The maximum atomic E-state index is 5.95. The molecule has 0 aliphatic rings. The van der Waals surface area contributed by atoms with E-state index in [2.05, 4.69) is 225 Å². The molecule has 1 aromatic heterocycles. The van der Waals surface area contributed by atoms with Crippen LogP contribution in [0.25, 0.3) is 21.8 Å². The summed E-state index contributed by atoms with van der Waals surface area (Å²) in [6.45, 7) is 4.42. The van der Waals surface area contributed by atoms with Crippen LogP contribution in [0.15, 0.2) is 216 Å². The number of nitrogens with zero attached hydrogens (tertiary/aromatic N) is 2. The molecule has 0 radical (unpaired) electrons. The van der Waals surface area contributed by atoms with E-state index in [9.17, 15) is 0 Å². The van der Waals surface area contributed by atoms with Crippen LogP contribution >= 0.6 is 14.1 Å². The molecule has 0 aliphatic carbocycles. The molecule has 5 heteroatoms. The zero-order valence-electron chi connectivity index (χ0n) is 30.9. The van der Waals surface area contributed by atoms with E-state index in [1.807, 2.05) is 0 Å². The molecule has 0 saturated carbocycles. The summed E-state index contributed by atoms with van der Waals surface area (Å²) in [5.41, 5.74) is 6.51. The number of fused-ring (bicyclic) bond motifs is 3. The Morgan fingerprint density at radius 1 is 0.345 bits per heavy atom. The van der Waals surface area contributed by atoms with E-state index in [-0.39, 0.29) is 0 Å². The Bertz CT molecular complexity index is 2580. The van der Waals surface area contributed by atoms with Crippen LogP contribution in [-0.2, 0) is 0 Å². The third-order valence-corrected chi connectivity index (χ3v) is 17.6. The average molecular weight is 746 g/mol. The van der Waals surface area contributed by atoms with Crippen LogP contribution in [0.5, 0.6) is 0 Å². The minimum atomic E-state index is -2.73. The maximum absolute atomic E-state index is 5.95. The predicted molar refractivity (Wildman–Crippen MR) is 240 cm³/mol. The van der Waals surface area contributed by atoms with Crippen molar-refractivity contribution in [2.24, 2.45) is 9.49 Å². The molecule has 8 aromatic carbocycles. The molecule has 9 aromatic rings. The minimum absolute atomic E-state index is 0.962. The number of hydrogen-bond acceptors (Lipinski definition) is 2. The van der Waals surface area contributed by atoms with Crippen molar-refractivity contribution >= 4 is 79.1 Å². The Kier molecular flexibility index (Phi) is 9.28. The van der Waals surface area contributed by atoms with E-state index in [4.69, 9.17) is 9.49 Å². The summed E-state index contributed by atoms with van der Waals surface area (Å²) >= 11 is 0. The van der Waals surface area contributed by atoms with Gasteiger partial charge in [0.25, 0.3) is 0 Å². The first-order valence-electron chi connectivity index (χ1n) is 18.7. The van der Waals surface area contributed by atoms with Crippen molar-refractivity contribution in [1.29, 1.82) is 0 Å². The SMILES string of the molecule is Cc1cc(P(=Nc2ccccc2)(c2ccccc2)c2ccccc2)c2c(c1)[nH]c1cc(C)cc(P(=Nc3ccccc3)(c3ccccc3)c3ccccc3)c12. The quantitative estimate of drug-likeness (QED) is 0.151. The van der Waals surface area contributed by atoms with Crippen molar-refractivity contribution < 1.29 is 0 Å². The molecule has 1 N–H and O–H groups in total. The lowest BCUT2D eigenvalue weighted by Gasteiger charge is -2.30. The number of aromatic nitrogens is 1. The normalized spacial score (nSPS) is 11.8. The average Bonchev–Trinajstić information content (AvgIpc) is 3.61. The van der Waals surface area contributed by atoms with Gasteiger partial charge in [-0.1, -0.05) is 158 Å². The van der Waals surface area contributed by atoms with Gasteiger partial charge in [0.1, 0.15) is 0 Å². The van der Waals surface area contributed by atoms with Crippen LogP contribution in [0.2, 0.25) is 0 Å². The molecule has 9 rings (SSSR count). The molecular weight excluding hydrogens is 705 g/mol. The molecule has 0 fully saturated rings. The fraction of sp³-hybridized carbons (Fsp3) is 0.0400. The molecule has 0 spiro atoms. The lowest BCUT2D eigenvalue weighted by molar-refractivity contribution is 1.46. The van der Waals surface area contributed by atoms with Gasteiger partial charge in [0, 0.05) is 53.6 Å². The Morgan fingerprint density at radius 3 is 0.909 bits per heavy atom. The Hall–Kier alpha value is -5.98. The summed E-state index contributed by atoms with van der Waals surface area (Å²) in [4.78, 5) is 3.97. The first-order chi connectivity index (χ1) is 27.1. The standard InChI is InChI=1S/C50H41N3P2/c1-37-33-45-49(47(35-37)54(41-25-13-5-14-26-41,42-27-15-6-16-28-42)52-39-21-9-3-10-22-39)50-46(51-45)34-38(2)36-48(50)55(43-29-17-7-18-30-43,44-31-19-8-20-32-44)53-40-23-11-4-12-24-40/h3-36,51H,1-2H3. The summed E-state index contributed by atoms with van der Waals surface area (Å²) in [6, 6.07) is 74.4. The van der Waals surface area contributed by atoms with E-state index in [1.54, 1.807) is 0 Å². The molecule has 0 atom stereocenters. The van der Waals surface area contributed by atoms with Crippen LogP contribution in [-0.4, -0.2) is 4.98 Å². The minimum Gasteiger partial charge on any atom is -0.354 e. The van der Waals surface area contributed by atoms with Gasteiger partial charge in [0.05, 0.1) is 25.5 Å². The molecule has 0 amide bonds. The monoisotopic (exact) mass is 745 g/mol. The molecule has 0 saturated heterocycles. The summed E-state index contributed by atoms with van der Waals surface area (Å²) < 4.78 is 11.9. The second-order valence-corrected chi connectivity index (χ2v) is 20.0. The van der Waals surface area contributed by atoms with E-state index in [0.717, 1.165) is 22.4 Å². The van der Waals surface area contributed by atoms with Gasteiger partial charge in [-0.15, -0.1) is 0 Å². The van der Waals surface area contributed by atoms with E-state index in [0.29, 0.717) is 0 Å². The number of aryl methyl sites for hydroxylation is 2. The first kappa shape index (κ1) is 34.8. The zero-order valence-corrected chi connectivity index (χ0v) is 32.7. The van der Waals surface area contributed by atoms with Gasteiger partial charge in [-0.3, -0.25) is 9.49 Å². The van der Waals surface area contributed by atoms with Crippen LogP contribution in [0.1, 0.15) is 11.1 Å². The van der Waals surface area contributed by atoms with Gasteiger partial charge >= 0.3 is 0 Å². The lowest BCUT2D eigenvalue weighted by atomic mass is 10.1. The molecule has 3 nitrogen and oxygen atoms in total. The molecule has 0 bridgehead atoms. The fourth-order valence-corrected chi connectivity index (χ4v) is 15.7. The molecule has 266 valence electrons. The van der Waals surface area contributed by atoms with E-state index in [1.165, 1.54) is 53.7 Å². The maximum Gasteiger partial charge on any atom is 0.0625 e. The van der Waals surface area contributed by atoms with Gasteiger partial charge in [-0.05, 0) is 73.5 Å². The zero-order chi connectivity index (χ0) is 37.2. The van der Waals surface area contributed by atoms with Crippen molar-refractivity contribution in [1.82, 2.24) is 4.98 Å². The lowest BCUT2D eigenvalue weighted by Crippen LogP contribution is -2.28. The number of rotatable bonds is 8. The fourth-order valence-electron chi connectivity index (χ4n) is 8.02. The number of nitrogens with one attached hydrogen (secondary N) is 1. The Labute approximate surface area is 323 Å². The molecular formula is C50H41N3P2. The first-order valence-corrected chi connectivity index (χ1v) is 22.2. The van der Waals surface area contributed by atoms with Crippen molar-refractivity contribution in [3.8, 4) is 0 Å². The van der Waals surface area contributed by atoms with Crippen molar-refractivity contribution in [2.75, 3.05) is 0 Å². The van der Waals surface area contributed by atoms with E-state index >= 15 is 0 Å². The number of aromatic amines is 1. The second kappa shape index (κ2) is 14.7. The predicted octanol–water partition coefficient (Wildman–Crippen LogP) is 11.6. The molecule has 0 unspecified atom stereocenters. The molecule has 55 heavy (non-hydrogen) atoms. The smallest absolute Gasteiger partial charge is 0.0625 e. The molecule has 1 heterocycles. The van der Waals surface area contributed by atoms with Crippen LogP contribution in [0.4, 0.5) is 11.4 Å². The van der Waals surface area contributed by atoms with Gasteiger partial charge in [0.15, 0.2) is 0 Å². The van der Waals surface area contributed by atoms with Crippen molar-refractivity contribution in [3.05, 3.63) is 217 Å². The highest BCUT2D eigenvalue weighted by molar-refractivity contribution is 7.88. The van der Waals surface area contributed by atoms with E-state index < -0.39 is 14.1 Å². The highest BCUT2D eigenvalue weighted by Gasteiger charge is 2.35. The number of hydrogen-bond donors (Lipinski definition) is 1. The summed E-state index contributed by atoms with van der Waals surface area (Å²) in [5.74, 6) is 0. The topological polar surface area (TPSA) is 40.5 Å². The summed E-state index contributed by atoms with van der Waals surface area (Å²) in [5, 5.41) is 9.72. The number of benzene rings is 8. The largest absolute Gasteiger partial charge is 0.354 e. The summed E-state index contributed by atoms with van der Waals surface area (Å²) in [6.07, 6.45) is 0. The van der Waals surface area contributed by atoms with Gasteiger partial charge in [-0.2, -0.15) is 0 Å². The van der Waals surface area contributed by atoms with Crippen LogP contribution in [0, 0.1) is 13.8 Å². The summed E-state index contributed by atoms with van der Waals surface area (Å²) in [7, 11) is -5.45. The Morgan fingerprint density at radius 2 is 0.618 bits per heavy atom. The van der Waals surface area contributed by atoms with Gasteiger partial charge in [-0.25, -0.2) is 0 Å². The third kappa shape index (κ3) is 6.21. The number of H-pyrrole nitrogens is 1. The molecule has 0 aliphatic heterocycles. The second-order valence-electron chi connectivity index (χ2n) is 14.0. The van der Waals surface area contributed by atoms with Crippen LogP contribution < -0.4 is 31.8 Å². The van der Waals surface area contributed by atoms with Gasteiger partial charge < -0.3 is 4.98 Å². The van der Waals surface area contributed by atoms with Gasteiger partial charge in [0.2, 0.25) is 0 Å².